The molecule has 2 amide bonds. The van der Waals surface area contributed by atoms with E-state index in [1.807, 2.05) is 36.4 Å². The predicted molar refractivity (Wildman–Crippen MR) is 138 cm³/mol. The van der Waals surface area contributed by atoms with Gasteiger partial charge in [0.15, 0.2) is 0 Å². The second kappa shape index (κ2) is 9.51. The molecule has 0 radical (unpaired) electrons. The van der Waals surface area contributed by atoms with Crippen LogP contribution < -0.4 is 10.6 Å². The molecule has 7 nitrogen and oxygen atoms in total. The van der Waals surface area contributed by atoms with Crippen molar-refractivity contribution in [2.75, 3.05) is 6.61 Å². The van der Waals surface area contributed by atoms with Gasteiger partial charge in [-0.1, -0.05) is 48.5 Å². The van der Waals surface area contributed by atoms with Gasteiger partial charge in [0, 0.05) is 17.9 Å². The molecule has 5 aliphatic rings. The number of amides is 2. The number of carbonyl (C=O) groups excluding carboxylic acids is 2. The van der Waals surface area contributed by atoms with E-state index in [9.17, 15) is 19.5 Å². The molecule has 4 bridgehead atoms. The van der Waals surface area contributed by atoms with Crippen molar-refractivity contribution >= 4 is 18.0 Å². The minimum atomic E-state index is -1.18. The molecule has 3 N–H and O–H groups in total. The van der Waals surface area contributed by atoms with Crippen molar-refractivity contribution in [1.82, 2.24) is 10.6 Å². The molecule has 2 aromatic rings. The van der Waals surface area contributed by atoms with Gasteiger partial charge in [-0.05, 0) is 85.0 Å². The highest BCUT2D eigenvalue weighted by atomic mass is 16.5. The molecule has 7 heteroatoms. The second-order valence-corrected chi connectivity index (χ2v) is 11.6. The molecule has 4 saturated carbocycles. The van der Waals surface area contributed by atoms with Gasteiger partial charge in [0.25, 0.3) is 0 Å². The predicted octanol–water partition coefficient (Wildman–Crippen LogP) is 4.84. The SMILES string of the molecule is O=C(CCC(NC(=O)OCC1c2ccccc2-c2ccccc21)C(=O)O)NC12CC3CC(CC(C3)C1)C2. The first-order valence-corrected chi connectivity index (χ1v) is 13.5. The van der Waals surface area contributed by atoms with Gasteiger partial charge < -0.3 is 20.5 Å². The largest absolute Gasteiger partial charge is 0.480 e. The average molecular weight is 503 g/mol. The van der Waals surface area contributed by atoms with Crippen molar-refractivity contribution in [1.29, 1.82) is 0 Å². The first-order chi connectivity index (χ1) is 17.9. The van der Waals surface area contributed by atoms with Crippen molar-refractivity contribution in [3.63, 3.8) is 0 Å². The Labute approximate surface area is 217 Å². The molecule has 1 atom stereocenters. The summed E-state index contributed by atoms with van der Waals surface area (Å²) < 4.78 is 5.50. The third kappa shape index (κ3) is 4.72. The maximum absolute atomic E-state index is 12.8. The Hall–Kier alpha value is -3.35. The normalized spacial score (nSPS) is 27.7. The molecule has 0 spiro atoms. The monoisotopic (exact) mass is 502 g/mol. The standard InChI is InChI=1S/C30H34N2O5/c33-27(32-30-14-18-11-19(15-30)13-20(12-18)16-30)10-9-26(28(34)35)31-29(36)37-17-25-23-7-3-1-5-21(23)22-6-2-4-8-24(22)25/h1-8,18-20,25-26H,9-17H2,(H,31,36)(H,32,33)(H,34,35). The number of aliphatic carboxylic acids is 1. The summed E-state index contributed by atoms with van der Waals surface area (Å²) in [6, 6.07) is 14.9. The van der Waals surface area contributed by atoms with Crippen molar-refractivity contribution in [2.24, 2.45) is 17.8 Å². The lowest BCUT2D eigenvalue weighted by Gasteiger charge is -2.57. The summed E-state index contributed by atoms with van der Waals surface area (Å²) in [5.74, 6) is 0.752. The molecule has 4 fully saturated rings. The van der Waals surface area contributed by atoms with Crippen molar-refractivity contribution in [3.05, 3.63) is 59.7 Å². The number of carbonyl (C=O) groups is 3. The molecular formula is C30H34N2O5. The van der Waals surface area contributed by atoms with Gasteiger partial charge in [-0.25, -0.2) is 9.59 Å². The molecule has 37 heavy (non-hydrogen) atoms. The summed E-state index contributed by atoms with van der Waals surface area (Å²) in [7, 11) is 0. The Morgan fingerprint density at radius 2 is 1.43 bits per heavy atom. The fourth-order valence-corrected chi connectivity index (χ4v) is 7.94. The first kappa shape index (κ1) is 24.0. The number of hydrogen-bond donors (Lipinski definition) is 3. The molecule has 2 aromatic carbocycles. The van der Waals surface area contributed by atoms with E-state index in [1.54, 1.807) is 0 Å². The van der Waals surface area contributed by atoms with Crippen LogP contribution in [0.5, 0.6) is 0 Å². The number of carboxylic acids is 1. The summed E-state index contributed by atoms with van der Waals surface area (Å²) in [6.07, 6.45) is 6.32. The number of fused-ring (bicyclic) bond motifs is 3. The molecule has 0 heterocycles. The van der Waals surface area contributed by atoms with Gasteiger partial charge in [-0.15, -0.1) is 0 Å². The van der Waals surface area contributed by atoms with Gasteiger partial charge >= 0.3 is 12.1 Å². The highest BCUT2D eigenvalue weighted by molar-refractivity contribution is 5.82. The van der Waals surface area contributed by atoms with E-state index in [4.69, 9.17) is 4.74 Å². The molecule has 0 aliphatic heterocycles. The van der Waals surface area contributed by atoms with Crippen LogP contribution in [0.2, 0.25) is 0 Å². The molecule has 7 rings (SSSR count). The lowest BCUT2D eigenvalue weighted by Crippen LogP contribution is -2.60. The summed E-state index contributed by atoms with van der Waals surface area (Å²) in [6.45, 7) is 0.110. The van der Waals surface area contributed by atoms with Crippen LogP contribution in [-0.2, 0) is 14.3 Å². The highest BCUT2D eigenvalue weighted by Gasteiger charge is 2.51. The van der Waals surface area contributed by atoms with Gasteiger partial charge in [-0.2, -0.15) is 0 Å². The van der Waals surface area contributed by atoms with E-state index in [1.165, 1.54) is 19.3 Å². The molecular weight excluding hydrogens is 468 g/mol. The zero-order chi connectivity index (χ0) is 25.6. The fourth-order valence-electron chi connectivity index (χ4n) is 7.94. The van der Waals surface area contributed by atoms with Gasteiger partial charge in [0.1, 0.15) is 12.6 Å². The summed E-state index contributed by atoms with van der Waals surface area (Å²) in [5, 5.41) is 15.4. The van der Waals surface area contributed by atoms with E-state index in [0.29, 0.717) is 17.8 Å². The number of rotatable bonds is 8. The Bertz CT molecular complexity index is 1140. The number of carboxylic acid groups (broad SMARTS) is 1. The summed E-state index contributed by atoms with van der Waals surface area (Å²) in [5.41, 5.74) is 4.33. The van der Waals surface area contributed by atoms with Crippen LogP contribution in [0.1, 0.15) is 68.4 Å². The fraction of sp³-hybridized carbons (Fsp3) is 0.500. The van der Waals surface area contributed by atoms with Crippen molar-refractivity contribution in [3.8, 4) is 11.1 Å². The summed E-state index contributed by atoms with van der Waals surface area (Å²) >= 11 is 0. The lowest BCUT2D eigenvalue weighted by molar-refractivity contribution is -0.139. The highest BCUT2D eigenvalue weighted by Crippen LogP contribution is 2.55. The quantitative estimate of drug-likeness (QED) is 0.479. The Morgan fingerprint density at radius 3 is 1.97 bits per heavy atom. The van der Waals surface area contributed by atoms with Gasteiger partial charge in [-0.3, -0.25) is 4.79 Å². The van der Waals surface area contributed by atoms with Crippen LogP contribution in [0.4, 0.5) is 4.79 Å². The average Bonchev–Trinajstić information content (AvgIpc) is 3.17. The van der Waals surface area contributed by atoms with Crippen LogP contribution in [-0.4, -0.2) is 41.3 Å². The lowest BCUT2D eigenvalue weighted by atomic mass is 9.53. The minimum Gasteiger partial charge on any atom is -0.480 e. The maximum Gasteiger partial charge on any atom is 0.407 e. The zero-order valence-corrected chi connectivity index (χ0v) is 20.9. The second-order valence-electron chi connectivity index (χ2n) is 11.6. The van der Waals surface area contributed by atoms with E-state index in [0.717, 1.165) is 41.5 Å². The zero-order valence-electron chi connectivity index (χ0n) is 20.9. The molecule has 0 saturated heterocycles. The number of nitrogens with one attached hydrogen (secondary N) is 2. The number of benzene rings is 2. The summed E-state index contributed by atoms with van der Waals surface area (Å²) in [4.78, 5) is 37.3. The van der Waals surface area contributed by atoms with Crippen molar-refractivity contribution in [2.45, 2.75) is 68.9 Å². The van der Waals surface area contributed by atoms with Crippen LogP contribution >= 0.6 is 0 Å². The van der Waals surface area contributed by atoms with Crippen molar-refractivity contribution < 1.29 is 24.2 Å². The third-order valence-corrected chi connectivity index (χ3v) is 9.04. The number of alkyl carbamates (subject to hydrolysis) is 1. The minimum absolute atomic E-state index is 0.0255. The molecule has 0 aromatic heterocycles. The molecule has 194 valence electrons. The Balaban J connectivity index is 1.02. The van der Waals surface area contributed by atoms with Crippen LogP contribution in [0, 0.1) is 17.8 Å². The third-order valence-electron chi connectivity index (χ3n) is 9.04. The number of ether oxygens (including phenoxy) is 1. The first-order valence-electron chi connectivity index (χ1n) is 13.5. The maximum atomic E-state index is 12.8. The van der Waals surface area contributed by atoms with E-state index >= 15 is 0 Å². The Morgan fingerprint density at radius 1 is 0.892 bits per heavy atom. The molecule has 5 aliphatic carbocycles. The van der Waals surface area contributed by atoms with Crippen LogP contribution in [0.25, 0.3) is 11.1 Å². The van der Waals surface area contributed by atoms with Gasteiger partial charge in [0.05, 0.1) is 0 Å². The molecule has 1 unspecified atom stereocenters. The number of hydrogen-bond acceptors (Lipinski definition) is 4. The van der Waals surface area contributed by atoms with E-state index < -0.39 is 18.1 Å². The van der Waals surface area contributed by atoms with E-state index in [-0.39, 0.29) is 36.8 Å². The smallest absolute Gasteiger partial charge is 0.407 e. The van der Waals surface area contributed by atoms with Crippen LogP contribution in [0.3, 0.4) is 0 Å². The topological polar surface area (TPSA) is 105 Å². The van der Waals surface area contributed by atoms with Crippen LogP contribution in [0.15, 0.2) is 48.5 Å². The van der Waals surface area contributed by atoms with Gasteiger partial charge in [0.2, 0.25) is 5.91 Å². The van der Waals surface area contributed by atoms with E-state index in [2.05, 4.69) is 22.8 Å². The Kier molecular flexibility index (Phi) is 6.17.